The molecule has 1 N–H and O–H groups in total. The minimum absolute atomic E-state index is 0.0543. The first-order chi connectivity index (χ1) is 8.16. The third kappa shape index (κ3) is 3.60. The number of ketones is 1. The number of nitrogens with one attached hydrogen (secondary N) is 1. The largest absolute Gasteiger partial charge is 0.310 e. The number of carbonyl (C=O) groups is 1. The molecule has 1 aliphatic carbocycles. The molecule has 0 unspecified atom stereocenters. The summed E-state index contributed by atoms with van der Waals surface area (Å²) in [7, 11) is 0. The number of hydrogen-bond acceptors (Lipinski definition) is 2. The summed E-state index contributed by atoms with van der Waals surface area (Å²) < 4.78 is 26.2. The van der Waals surface area contributed by atoms with Crippen LogP contribution in [0.5, 0.6) is 0 Å². The van der Waals surface area contributed by atoms with Crippen molar-refractivity contribution in [1.82, 2.24) is 5.32 Å². The van der Waals surface area contributed by atoms with Gasteiger partial charge in [-0.15, -0.1) is 0 Å². The summed E-state index contributed by atoms with van der Waals surface area (Å²) in [5.41, 5.74) is 0.128. The van der Waals surface area contributed by atoms with Crippen molar-refractivity contribution in [2.75, 3.05) is 13.1 Å². The Balaban J connectivity index is 1.82. The zero-order chi connectivity index (χ0) is 12.3. The third-order valence-electron chi connectivity index (χ3n) is 2.87. The van der Waals surface area contributed by atoms with Crippen molar-refractivity contribution in [3.8, 4) is 0 Å². The first kappa shape index (κ1) is 12.2. The van der Waals surface area contributed by atoms with Crippen LogP contribution in [0.3, 0.4) is 0 Å². The van der Waals surface area contributed by atoms with E-state index in [0.29, 0.717) is 5.92 Å². The van der Waals surface area contributed by atoms with Gasteiger partial charge in [-0.25, -0.2) is 8.78 Å². The Morgan fingerprint density at radius 1 is 1.35 bits per heavy atom. The van der Waals surface area contributed by atoms with Crippen LogP contribution in [0.2, 0.25) is 0 Å². The van der Waals surface area contributed by atoms with Crippen LogP contribution in [-0.2, 0) is 11.2 Å². The summed E-state index contributed by atoms with van der Waals surface area (Å²) in [6.45, 7) is 1.07. The zero-order valence-corrected chi connectivity index (χ0v) is 9.51. The highest BCUT2D eigenvalue weighted by Crippen LogP contribution is 2.27. The van der Waals surface area contributed by atoms with Gasteiger partial charge in [-0.1, -0.05) is 12.1 Å². The van der Waals surface area contributed by atoms with E-state index >= 15 is 0 Å². The predicted octanol–water partition coefficient (Wildman–Crippen LogP) is 2.08. The van der Waals surface area contributed by atoms with Crippen molar-refractivity contribution in [2.45, 2.75) is 19.3 Å². The van der Waals surface area contributed by atoms with E-state index in [4.69, 9.17) is 0 Å². The Morgan fingerprint density at radius 3 is 2.82 bits per heavy atom. The SMILES string of the molecule is O=C(CNCC1CC1)Cc1cccc(F)c1F. The molecule has 2 rings (SSSR count). The molecule has 0 aliphatic heterocycles. The highest BCUT2D eigenvalue weighted by Gasteiger charge is 2.20. The Bertz CT molecular complexity index is 416. The molecule has 17 heavy (non-hydrogen) atoms. The maximum Gasteiger partial charge on any atom is 0.162 e. The van der Waals surface area contributed by atoms with Crippen LogP contribution in [0.4, 0.5) is 8.78 Å². The minimum atomic E-state index is -0.914. The number of hydrogen-bond donors (Lipinski definition) is 1. The van der Waals surface area contributed by atoms with E-state index < -0.39 is 11.6 Å². The lowest BCUT2D eigenvalue weighted by Crippen LogP contribution is -2.26. The number of carbonyl (C=O) groups excluding carboxylic acids is 1. The lowest BCUT2D eigenvalue weighted by molar-refractivity contribution is -0.117. The molecular weight excluding hydrogens is 224 g/mol. The lowest BCUT2D eigenvalue weighted by Gasteiger charge is -2.04. The van der Waals surface area contributed by atoms with Gasteiger partial charge in [0.05, 0.1) is 6.54 Å². The fourth-order valence-electron chi connectivity index (χ4n) is 1.70. The number of rotatable bonds is 6. The van der Waals surface area contributed by atoms with Crippen LogP contribution < -0.4 is 5.32 Å². The predicted molar refractivity (Wildman–Crippen MR) is 60.7 cm³/mol. The molecule has 2 nitrogen and oxygen atoms in total. The molecule has 4 heteroatoms. The van der Waals surface area contributed by atoms with Crippen molar-refractivity contribution in [1.29, 1.82) is 0 Å². The fourth-order valence-corrected chi connectivity index (χ4v) is 1.70. The molecule has 1 aromatic carbocycles. The summed E-state index contributed by atoms with van der Waals surface area (Å²) in [6, 6.07) is 3.91. The number of Topliss-reactive ketones (excluding diaryl/α,β-unsaturated/α-hetero) is 1. The second-order valence-electron chi connectivity index (χ2n) is 4.50. The highest BCUT2D eigenvalue weighted by molar-refractivity contribution is 5.82. The first-order valence-corrected chi connectivity index (χ1v) is 5.82. The molecule has 0 radical (unpaired) electrons. The molecule has 1 saturated carbocycles. The van der Waals surface area contributed by atoms with Crippen molar-refractivity contribution in [2.24, 2.45) is 5.92 Å². The number of benzene rings is 1. The minimum Gasteiger partial charge on any atom is -0.310 e. The summed E-state index contributed by atoms with van der Waals surface area (Å²) in [5, 5.41) is 3.04. The van der Waals surface area contributed by atoms with Crippen molar-refractivity contribution >= 4 is 5.78 Å². The van der Waals surface area contributed by atoms with Gasteiger partial charge in [-0.2, -0.15) is 0 Å². The molecule has 0 amide bonds. The van der Waals surface area contributed by atoms with Gasteiger partial charge < -0.3 is 5.32 Å². The van der Waals surface area contributed by atoms with Gasteiger partial charge in [-0.3, -0.25) is 4.79 Å². The Labute approximate surface area is 99.0 Å². The van der Waals surface area contributed by atoms with Gasteiger partial charge >= 0.3 is 0 Å². The summed E-state index contributed by atoms with van der Waals surface area (Å²) in [5.74, 6) is -1.23. The molecule has 0 saturated heterocycles. The van der Waals surface area contributed by atoms with E-state index in [1.807, 2.05) is 0 Å². The van der Waals surface area contributed by atoms with E-state index in [-0.39, 0.29) is 24.3 Å². The molecule has 0 heterocycles. The lowest BCUT2D eigenvalue weighted by atomic mass is 10.1. The second-order valence-corrected chi connectivity index (χ2v) is 4.50. The molecule has 92 valence electrons. The molecule has 0 aromatic heterocycles. The van der Waals surface area contributed by atoms with Gasteiger partial charge in [-0.05, 0) is 36.9 Å². The van der Waals surface area contributed by atoms with Crippen molar-refractivity contribution < 1.29 is 13.6 Å². The third-order valence-corrected chi connectivity index (χ3v) is 2.87. The van der Waals surface area contributed by atoms with E-state index in [1.165, 1.54) is 25.0 Å². The summed E-state index contributed by atoms with van der Waals surface area (Å²) in [6.07, 6.45) is 2.39. The normalized spacial score (nSPS) is 14.9. The number of halogens is 2. The molecule has 0 spiro atoms. The Kier molecular flexibility index (Phi) is 3.84. The average Bonchev–Trinajstić information content (AvgIpc) is 3.09. The van der Waals surface area contributed by atoms with Gasteiger partial charge in [0.1, 0.15) is 0 Å². The molecule has 0 bridgehead atoms. The molecular formula is C13H15F2NO. The monoisotopic (exact) mass is 239 g/mol. The van der Waals surface area contributed by atoms with Crippen molar-refractivity contribution in [3.63, 3.8) is 0 Å². The van der Waals surface area contributed by atoms with Gasteiger partial charge in [0.25, 0.3) is 0 Å². The van der Waals surface area contributed by atoms with Crippen LogP contribution in [0, 0.1) is 17.6 Å². The second kappa shape index (κ2) is 5.36. The molecule has 1 aliphatic rings. The van der Waals surface area contributed by atoms with E-state index in [0.717, 1.165) is 12.6 Å². The zero-order valence-electron chi connectivity index (χ0n) is 9.51. The van der Waals surface area contributed by atoms with Gasteiger partial charge in [0.2, 0.25) is 0 Å². The van der Waals surface area contributed by atoms with Crippen LogP contribution in [0.25, 0.3) is 0 Å². The van der Waals surface area contributed by atoms with E-state index in [2.05, 4.69) is 5.32 Å². The van der Waals surface area contributed by atoms with Crippen LogP contribution >= 0.6 is 0 Å². The van der Waals surface area contributed by atoms with Gasteiger partial charge in [0, 0.05) is 6.42 Å². The maximum absolute atomic E-state index is 13.3. The fraction of sp³-hybridized carbons (Fsp3) is 0.462. The average molecular weight is 239 g/mol. The smallest absolute Gasteiger partial charge is 0.162 e. The maximum atomic E-state index is 13.3. The van der Waals surface area contributed by atoms with Crippen LogP contribution in [0.1, 0.15) is 18.4 Å². The van der Waals surface area contributed by atoms with Gasteiger partial charge in [0.15, 0.2) is 17.4 Å². The van der Waals surface area contributed by atoms with Crippen molar-refractivity contribution in [3.05, 3.63) is 35.4 Å². The van der Waals surface area contributed by atoms with E-state index in [9.17, 15) is 13.6 Å². The molecule has 1 aromatic rings. The summed E-state index contributed by atoms with van der Waals surface area (Å²) in [4.78, 5) is 11.5. The first-order valence-electron chi connectivity index (χ1n) is 5.82. The molecule has 1 fully saturated rings. The summed E-state index contributed by atoms with van der Waals surface area (Å²) >= 11 is 0. The quantitative estimate of drug-likeness (QED) is 0.823. The van der Waals surface area contributed by atoms with Crippen LogP contribution in [-0.4, -0.2) is 18.9 Å². The highest BCUT2D eigenvalue weighted by atomic mass is 19.2. The van der Waals surface area contributed by atoms with Crippen LogP contribution in [0.15, 0.2) is 18.2 Å². The topological polar surface area (TPSA) is 29.1 Å². The van der Waals surface area contributed by atoms with E-state index in [1.54, 1.807) is 0 Å². The standard InChI is InChI=1S/C13H15F2NO/c14-12-3-1-2-10(13(12)15)6-11(17)8-16-7-9-4-5-9/h1-3,9,16H,4-8H2. The Morgan fingerprint density at radius 2 is 2.12 bits per heavy atom. The molecule has 0 atom stereocenters. The Hall–Kier alpha value is -1.29.